The first-order valence-electron chi connectivity index (χ1n) is 5.20. The van der Waals surface area contributed by atoms with Crippen LogP contribution in [-0.2, 0) is 17.9 Å². The average Bonchev–Trinajstić information content (AvgIpc) is 2.58. The lowest BCUT2D eigenvalue weighted by Gasteiger charge is -2.01. The lowest BCUT2D eigenvalue weighted by atomic mass is 10.1. The average molecular weight is 241 g/mol. The van der Waals surface area contributed by atoms with E-state index in [9.17, 15) is 8.78 Å². The fourth-order valence-electron chi connectivity index (χ4n) is 1.86. The molecule has 0 fully saturated rings. The van der Waals surface area contributed by atoms with E-state index in [1.54, 1.807) is 7.05 Å². The Morgan fingerprint density at radius 1 is 1.35 bits per heavy atom. The maximum absolute atomic E-state index is 13.7. The molecule has 0 saturated carbocycles. The molecule has 17 heavy (non-hydrogen) atoms. The van der Waals surface area contributed by atoms with Crippen LogP contribution in [0.25, 0.3) is 11.0 Å². The van der Waals surface area contributed by atoms with Gasteiger partial charge in [0.25, 0.3) is 0 Å². The van der Waals surface area contributed by atoms with Crippen LogP contribution in [-0.4, -0.2) is 14.2 Å². The van der Waals surface area contributed by atoms with E-state index >= 15 is 0 Å². The third kappa shape index (κ3) is 2.16. The molecule has 0 aliphatic carbocycles. The maximum atomic E-state index is 13.7. The first kappa shape index (κ1) is 12.0. The highest BCUT2D eigenvalue weighted by Crippen LogP contribution is 2.29. The van der Waals surface area contributed by atoms with Crippen LogP contribution in [0.5, 0.6) is 0 Å². The number of hydrogen-bond donors (Lipinski definition) is 1. The van der Waals surface area contributed by atoms with Gasteiger partial charge in [-0.1, -0.05) is 0 Å². The van der Waals surface area contributed by atoms with E-state index in [-0.39, 0.29) is 12.2 Å². The highest BCUT2D eigenvalue weighted by atomic mass is 19.1. The molecule has 5 heteroatoms. The van der Waals surface area contributed by atoms with Gasteiger partial charge in [-0.25, -0.2) is 8.78 Å². The van der Waals surface area contributed by atoms with Crippen molar-refractivity contribution < 1.29 is 17.9 Å². The van der Waals surface area contributed by atoms with Gasteiger partial charge in [0.1, 0.15) is 23.0 Å². The summed E-state index contributed by atoms with van der Waals surface area (Å²) in [5.41, 5.74) is 0.828. The van der Waals surface area contributed by atoms with Crippen LogP contribution < -0.4 is 5.32 Å². The molecule has 92 valence electrons. The molecule has 0 aliphatic heterocycles. The van der Waals surface area contributed by atoms with E-state index in [1.165, 1.54) is 13.2 Å². The zero-order chi connectivity index (χ0) is 12.4. The van der Waals surface area contributed by atoms with Crippen molar-refractivity contribution in [2.45, 2.75) is 13.2 Å². The van der Waals surface area contributed by atoms with Crippen LogP contribution in [0.4, 0.5) is 8.78 Å². The summed E-state index contributed by atoms with van der Waals surface area (Å²) in [5.74, 6) is -0.712. The molecule has 2 aromatic rings. The molecule has 1 heterocycles. The summed E-state index contributed by atoms with van der Waals surface area (Å²) < 4.78 is 37.2. The van der Waals surface area contributed by atoms with Crippen molar-refractivity contribution in [2.75, 3.05) is 14.2 Å². The van der Waals surface area contributed by atoms with Crippen molar-refractivity contribution in [1.29, 1.82) is 0 Å². The Hall–Kier alpha value is -1.46. The number of halogens is 2. The molecule has 0 saturated heterocycles. The van der Waals surface area contributed by atoms with Crippen LogP contribution in [0.2, 0.25) is 0 Å². The number of methoxy groups -OCH3 is 1. The van der Waals surface area contributed by atoms with E-state index < -0.39 is 11.6 Å². The second-order valence-electron chi connectivity index (χ2n) is 3.73. The Labute approximate surface area is 97.4 Å². The zero-order valence-electron chi connectivity index (χ0n) is 9.64. The molecule has 1 N–H and O–H groups in total. The lowest BCUT2D eigenvalue weighted by Crippen LogP contribution is -2.06. The summed E-state index contributed by atoms with van der Waals surface area (Å²) in [6.07, 6.45) is 0. The molecule has 1 aromatic carbocycles. The molecule has 0 spiro atoms. The third-order valence-corrected chi connectivity index (χ3v) is 2.52. The predicted molar refractivity (Wildman–Crippen MR) is 59.6 cm³/mol. The summed E-state index contributed by atoms with van der Waals surface area (Å²) in [6, 6.07) is 2.02. The number of furan rings is 1. The van der Waals surface area contributed by atoms with Gasteiger partial charge in [-0.05, 0) is 7.05 Å². The van der Waals surface area contributed by atoms with Gasteiger partial charge in [-0.2, -0.15) is 0 Å². The van der Waals surface area contributed by atoms with Crippen LogP contribution in [0.3, 0.4) is 0 Å². The smallest absolute Gasteiger partial charge is 0.140 e. The minimum atomic E-state index is -0.649. The van der Waals surface area contributed by atoms with Crippen molar-refractivity contribution >= 4 is 11.0 Å². The zero-order valence-corrected chi connectivity index (χ0v) is 9.64. The molecule has 0 amide bonds. The second-order valence-corrected chi connectivity index (χ2v) is 3.73. The number of ether oxygens (including phenoxy) is 1. The van der Waals surface area contributed by atoms with E-state index in [0.717, 1.165) is 6.07 Å². The molecule has 0 unspecified atom stereocenters. The van der Waals surface area contributed by atoms with Crippen LogP contribution in [0, 0.1) is 11.6 Å². The molecule has 0 bridgehead atoms. The van der Waals surface area contributed by atoms with E-state index in [4.69, 9.17) is 9.15 Å². The van der Waals surface area contributed by atoms with Crippen LogP contribution in [0.15, 0.2) is 16.5 Å². The highest BCUT2D eigenvalue weighted by Gasteiger charge is 2.18. The van der Waals surface area contributed by atoms with Crippen molar-refractivity contribution in [3.63, 3.8) is 0 Å². The van der Waals surface area contributed by atoms with Gasteiger partial charge in [-0.3, -0.25) is 0 Å². The molecule has 0 radical (unpaired) electrons. The molecular formula is C12H13F2NO2. The SMILES string of the molecule is CNCc1oc2cc(F)cc(F)c2c1COC. The molecule has 2 rings (SSSR count). The van der Waals surface area contributed by atoms with E-state index in [2.05, 4.69) is 5.32 Å². The molecule has 0 aliphatic rings. The van der Waals surface area contributed by atoms with Gasteiger partial charge in [0.15, 0.2) is 0 Å². The number of benzene rings is 1. The van der Waals surface area contributed by atoms with E-state index in [0.29, 0.717) is 23.3 Å². The second kappa shape index (κ2) is 4.81. The standard InChI is InChI=1S/C12H13F2NO2/c1-15-5-11-8(6-16-2)12-9(14)3-7(13)4-10(12)17-11/h3-4,15H,5-6H2,1-2H3. The topological polar surface area (TPSA) is 34.4 Å². The van der Waals surface area contributed by atoms with Crippen molar-refractivity contribution in [2.24, 2.45) is 0 Å². The Kier molecular flexibility index (Phi) is 3.40. The van der Waals surface area contributed by atoms with E-state index in [1.807, 2.05) is 0 Å². The van der Waals surface area contributed by atoms with Crippen LogP contribution >= 0.6 is 0 Å². The first-order chi connectivity index (χ1) is 8.17. The molecular weight excluding hydrogens is 228 g/mol. The molecule has 3 nitrogen and oxygen atoms in total. The summed E-state index contributed by atoms with van der Waals surface area (Å²) in [7, 11) is 3.27. The van der Waals surface area contributed by atoms with Gasteiger partial charge >= 0.3 is 0 Å². The van der Waals surface area contributed by atoms with Gasteiger partial charge in [-0.15, -0.1) is 0 Å². The minimum Gasteiger partial charge on any atom is -0.459 e. The summed E-state index contributed by atoms with van der Waals surface area (Å²) >= 11 is 0. The fraction of sp³-hybridized carbons (Fsp3) is 0.333. The minimum absolute atomic E-state index is 0.208. The largest absolute Gasteiger partial charge is 0.459 e. The highest BCUT2D eigenvalue weighted by molar-refractivity contribution is 5.83. The van der Waals surface area contributed by atoms with Crippen molar-refractivity contribution in [3.8, 4) is 0 Å². The summed E-state index contributed by atoms with van der Waals surface area (Å²) in [4.78, 5) is 0. The Balaban J connectivity index is 2.66. The quantitative estimate of drug-likeness (QED) is 0.893. The van der Waals surface area contributed by atoms with Gasteiger partial charge < -0.3 is 14.5 Å². The van der Waals surface area contributed by atoms with Gasteiger partial charge in [0.05, 0.1) is 18.5 Å². The van der Waals surface area contributed by atoms with Gasteiger partial charge in [0.2, 0.25) is 0 Å². The normalized spacial score (nSPS) is 11.3. The number of hydrogen-bond acceptors (Lipinski definition) is 3. The summed E-state index contributed by atoms with van der Waals surface area (Å²) in [6.45, 7) is 0.668. The summed E-state index contributed by atoms with van der Waals surface area (Å²) in [5, 5.41) is 3.20. The Bertz CT molecular complexity index is 537. The van der Waals surface area contributed by atoms with Crippen LogP contribution in [0.1, 0.15) is 11.3 Å². The fourth-order valence-corrected chi connectivity index (χ4v) is 1.86. The predicted octanol–water partition coefficient (Wildman–Crippen LogP) is 2.58. The Morgan fingerprint density at radius 3 is 2.76 bits per heavy atom. The third-order valence-electron chi connectivity index (χ3n) is 2.52. The number of fused-ring (bicyclic) bond motifs is 1. The monoisotopic (exact) mass is 241 g/mol. The first-order valence-corrected chi connectivity index (χ1v) is 5.20. The number of nitrogens with one attached hydrogen (secondary N) is 1. The number of rotatable bonds is 4. The Morgan fingerprint density at radius 2 is 2.12 bits per heavy atom. The molecule has 1 aromatic heterocycles. The molecule has 0 atom stereocenters. The van der Waals surface area contributed by atoms with Gasteiger partial charge in [0, 0.05) is 24.8 Å². The maximum Gasteiger partial charge on any atom is 0.140 e. The van der Waals surface area contributed by atoms with Crippen molar-refractivity contribution in [3.05, 3.63) is 35.1 Å². The lowest BCUT2D eigenvalue weighted by molar-refractivity contribution is 0.183. The van der Waals surface area contributed by atoms with Crippen molar-refractivity contribution in [1.82, 2.24) is 5.32 Å².